The van der Waals surface area contributed by atoms with Crippen molar-refractivity contribution >= 4 is 32.3 Å². The van der Waals surface area contributed by atoms with Crippen LogP contribution in [0.1, 0.15) is 31.5 Å². The maximum atomic E-state index is 9.31. The second-order valence-corrected chi connectivity index (χ2v) is 7.56. The molecule has 0 aliphatic carbocycles. The fourth-order valence-electron chi connectivity index (χ4n) is 4.02. The van der Waals surface area contributed by atoms with Crippen LogP contribution in [-0.4, -0.2) is 0 Å². The van der Waals surface area contributed by atoms with Crippen LogP contribution in [0.4, 0.5) is 0 Å². The number of fused-ring (bicyclic) bond motifs is 3. The average molecular weight is 480 g/mol. The minimum atomic E-state index is -0.979. The lowest BCUT2D eigenvalue weighted by atomic mass is 9.86. The predicted molar refractivity (Wildman–Crippen MR) is 155 cm³/mol. The van der Waals surface area contributed by atoms with E-state index in [4.69, 9.17) is 26.0 Å². The third kappa shape index (κ3) is 3.39. The van der Waals surface area contributed by atoms with E-state index < -0.39 is 205 Å². The van der Waals surface area contributed by atoms with Crippen LogP contribution in [0, 0.1) is 0 Å². The Hall–Kier alpha value is -4.68. The van der Waals surface area contributed by atoms with Gasteiger partial charge in [-0.25, -0.2) is 0 Å². The van der Waals surface area contributed by atoms with Gasteiger partial charge in [-0.3, -0.25) is 0 Å². The molecule has 0 nitrogen and oxygen atoms in total. The largest absolute Gasteiger partial charge is 0.0636 e. The van der Waals surface area contributed by atoms with Crippen molar-refractivity contribution in [3.8, 4) is 33.4 Å². The van der Waals surface area contributed by atoms with E-state index in [1.807, 2.05) is 0 Å². The third-order valence-electron chi connectivity index (χ3n) is 5.55. The first-order chi connectivity index (χ1) is 27.4. The minimum Gasteiger partial charge on any atom is -0.0622 e. The molecule has 0 amide bonds. The van der Waals surface area contributed by atoms with Crippen molar-refractivity contribution in [2.45, 2.75) is 0 Å². The molecule has 0 atom stereocenters. The molecule has 0 heterocycles. The molecule has 7 rings (SSSR count). The summed E-state index contributed by atoms with van der Waals surface area (Å²) in [5, 5.41) is -3.26. The molecule has 0 heteroatoms. The molecule has 0 radical (unpaired) electrons. The molecule has 0 N–H and O–H groups in total. The van der Waals surface area contributed by atoms with E-state index in [0.717, 1.165) is 6.07 Å². The fourth-order valence-corrected chi connectivity index (χ4v) is 4.02. The van der Waals surface area contributed by atoms with Gasteiger partial charge >= 0.3 is 0 Å². The van der Waals surface area contributed by atoms with Crippen LogP contribution in [0.15, 0.2) is 145 Å². The van der Waals surface area contributed by atoms with E-state index >= 15 is 0 Å². The van der Waals surface area contributed by atoms with Gasteiger partial charge < -0.3 is 0 Å². The molecule has 0 aromatic heterocycles. The number of hydrogen-bond acceptors (Lipinski definition) is 0. The van der Waals surface area contributed by atoms with Gasteiger partial charge in [-0.05, 0) is 71.7 Å². The summed E-state index contributed by atoms with van der Waals surface area (Å²) < 4.78 is 201. The van der Waals surface area contributed by atoms with Gasteiger partial charge in [-0.2, -0.15) is 0 Å². The van der Waals surface area contributed by atoms with Gasteiger partial charge in [0.2, 0.25) is 0 Å². The highest BCUT2D eigenvalue weighted by Crippen LogP contribution is 2.43. The second-order valence-electron chi connectivity index (χ2n) is 7.56. The second kappa shape index (κ2) is 8.52. The van der Waals surface area contributed by atoms with E-state index in [1.165, 1.54) is 0 Å². The highest BCUT2D eigenvalue weighted by Gasteiger charge is 2.16. The zero-order valence-electron chi connectivity index (χ0n) is 41.1. The highest BCUT2D eigenvalue weighted by atomic mass is 14.2. The lowest BCUT2D eigenvalue weighted by Gasteiger charge is -2.18. The summed E-state index contributed by atoms with van der Waals surface area (Å²) in [5.74, 6) is 0. The van der Waals surface area contributed by atoms with Crippen LogP contribution in [0.3, 0.4) is 0 Å². The van der Waals surface area contributed by atoms with E-state index in [-0.39, 0.29) is 0 Å². The molecular weight excluding hydrogens is 432 g/mol. The van der Waals surface area contributed by atoms with E-state index in [1.54, 1.807) is 0 Å². The van der Waals surface area contributed by atoms with E-state index in [9.17, 15) is 5.48 Å². The van der Waals surface area contributed by atoms with Crippen LogP contribution in [0.25, 0.3) is 65.7 Å². The van der Waals surface area contributed by atoms with Gasteiger partial charge in [0.1, 0.15) is 0 Å². The van der Waals surface area contributed by atoms with Crippen LogP contribution in [-0.2, 0) is 0 Å². The van der Waals surface area contributed by atoms with Crippen molar-refractivity contribution in [1.82, 2.24) is 0 Å². The molecule has 7 aromatic rings. The van der Waals surface area contributed by atoms with Crippen molar-refractivity contribution < 1.29 is 31.5 Å². The van der Waals surface area contributed by atoms with Crippen LogP contribution in [0.2, 0.25) is 0 Å². The van der Waals surface area contributed by atoms with Gasteiger partial charge in [-0.1, -0.05) is 139 Å². The number of benzene rings is 7. The quantitative estimate of drug-likeness (QED) is 0.221. The summed E-state index contributed by atoms with van der Waals surface area (Å²) in [6, 6.07) is -18.3. The Bertz CT molecular complexity index is 3070. The summed E-state index contributed by atoms with van der Waals surface area (Å²) in [6.45, 7) is 0. The Morgan fingerprint density at radius 3 is 1.56 bits per heavy atom. The monoisotopic (exact) mass is 479 g/mol. The zero-order valence-corrected chi connectivity index (χ0v) is 18.1. The SMILES string of the molecule is [2H]c1cc([2H])c2c(-c3c([2H])c([2H])c(-c4c([2H])c([2H])c5c([2H])c([2H])c([2H])c([2H])c5c4[2H])c([2H])c3[2H])c3c([2H])c([2H])c([2H])c([2H])c3c(-c3c([2H])c([2H])c([2H])c([2H])c3[2H])c2c1[2H]. The zero-order chi connectivity index (χ0) is 43.9. The van der Waals surface area contributed by atoms with Crippen molar-refractivity contribution in [3.63, 3.8) is 0 Å². The van der Waals surface area contributed by atoms with Gasteiger partial charge in [0.05, 0.1) is 31.5 Å². The topological polar surface area (TPSA) is 0 Å². The normalized spacial score (nSPS) is 20.3. The third-order valence-corrected chi connectivity index (χ3v) is 5.55. The molecule has 36 heavy (non-hydrogen) atoms. The molecule has 0 unspecified atom stereocenters. The maximum absolute atomic E-state index is 9.31. The Morgan fingerprint density at radius 2 is 0.833 bits per heavy atom. The van der Waals surface area contributed by atoms with Crippen LogP contribution in [0.5, 0.6) is 0 Å². The minimum absolute atomic E-state index is 0.490. The summed E-state index contributed by atoms with van der Waals surface area (Å²) in [6.07, 6.45) is 0. The first-order valence-corrected chi connectivity index (χ1v) is 10.6. The predicted octanol–water partition coefficient (Wildman–Crippen LogP) is 10.1. The standard InChI is InChI=1S/C36H24/c1-2-11-27(12-3-1)35-31-14-6-8-16-33(31)36(34-17-9-7-15-32(34)35)28-21-18-26(19-22-28)30-23-20-25-10-4-5-13-29(25)24-30/h1-24H/i1D,2D,3D,4D,5D,6D,7D,8D,10D,11D,12D,13D,14D,15D,16D,17D,18D,19D,20D,21D,22D,23D,24D. The molecule has 0 aliphatic rings. The number of hydrogen-bond donors (Lipinski definition) is 0. The lowest BCUT2D eigenvalue weighted by molar-refractivity contribution is 1.62. The van der Waals surface area contributed by atoms with Gasteiger partial charge in [0.25, 0.3) is 0 Å². The molecule has 0 saturated carbocycles. The van der Waals surface area contributed by atoms with Gasteiger partial charge in [0, 0.05) is 0 Å². The Balaban J connectivity index is 1.77. The average Bonchev–Trinajstić information content (AvgIpc) is 3.19. The summed E-state index contributed by atoms with van der Waals surface area (Å²) in [5.41, 5.74) is -3.95. The molecule has 168 valence electrons. The summed E-state index contributed by atoms with van der Waals surface area (Å²) in [4.78, 5) is 0. The molecule has 0 fully saturated rings. The molecule has 0 spiro atoms. The van der Waals surface area contributed by atoms with E-state index in [0.29, 0.717) is 0 Å². The first kappa shape index (κ1) is 7.91. The van der Waals surface area contributed by atoms with Crippen molar-refractivity contribution in [1.29, 1.82) is 0 Å². The van der Waals surface area contributed by atoms with Crippen molar-refractivity contribution in [2.24, 2.45) is 0 Å². The molecular formula is C36H24. The first-order valence-electron chi connectivity index (χ1n) is 22.1. The smallest absolute Gasteiger partial charge is 0.0622 e. The Labute approximate surface area is 243 Å². The molecule has 0 bridgehead atoms. The Kier molecular flexibility index (Phi) is 1.87. The summed E-state index contributed by atoms with van der Waals surface area (Å²) in [7, 11) is 0. The fraction of sp³-hybridized carbons (Fsp3) is 0. The lowest BCUT2D eigenvalue weighted by Crippen LogP contribution is -1.90. The van der Waals surface area contributed by atoms with Gasteiger partial charge in [-0.15, -0.1) is 0 Å². The summed E-state index contributed by atoms with van der Waals surface area (Å²) >= 11 is 0. The number of rotatable bonds is 3. The highest BCUT2D eigenvalue weighted by molar-refractivity contribution is 6.21. The molecule has 7 aromatic carbocycles. The molecule has 0 saturated heterocycles. The van der Waals surface area contributed by atoms with Crippen LogP contribution < -0.4 is 0 Å². The maximum Gasteiger partial charge on any atom is 0.0636 e. The Morgan fingerprint density at radius 1 is 0.333 bits per heavy atom. The van der Waals surface area contributed by atoms with Crippen molar-refractivity contribution in [2.75, 3.05) is 0 Å². The van der Waals surface area contributed by atoms with Crippen molar-refractivity contribution in [3.05, 3.63) is 145 Å². The van der Waals surface area contributed by atoms with Gasteiger partial charge in [0.15, 0.2) is 0 Å². The molecule has 0 aliphatic heterocycles. The van der Waals surface area contributed by atoms with Crippen LogP contribution >= 0.6 is 0 Å². The van der Waals surface area contributed by atoms with E-state index in [2.05, 4.69) is 0 Å².